The van der Waals surface area contributed by atoms with Crippen LogP contribution in [0.25, 0.3) is 0 Å². The first kappa shape index (κ1) is 13.1. The lowest BCUT2D eigenvalue weighted by Crippen LogP contribution is -2.23. The molecule has 1 aliphatic rings. The molecule has 0 fully saturated rings. The molecule has 0 saturated carbocycles. The second kappa shape index (κ2) is 5.21. The Bertz CT molecular complexity index is 706. The number of pyridine rings is 1. The molecule has 0 amide bonds. The number of rotatable bonds is 3. The number of fused-ring (bicyclic) bond motifs is 1. The SMILES string of the molecule is NCc1ccc(F)c(Cn2c3c(ccc2=O)CCC3)c1. The quantitative estimate of drug-likeness (QED) is 0.928. The molecule has 1 heterocycles. The molecule has 0 radical (unpaired) electrons. The van der Waals surface area contributed by atoms with Gasteiger partial charge < -0.3 is 10.3 Å². The molecule has 0 unspecified atom stereocenters. The van der Waals surface area contributed by atoms with Crippen LogP contribution in [0.2, 0.25) is 0 Å². The van der Waals surface area contributed by atoms with Gasteiger partial charge in [0.25, 0.3) is 5.56 Å². The van der Waals surface area contributed by atoms with Crippen LogP contribution >= 0.6 is 0 Å². The predicted molar refractivity (Wildman–Crippen MR) is 76.1 cm³/mol. The Balaban J connectivity index is 2.04. The lowest BCUT2D eigenvalue weighted by molar-refractivity contribution is 0.590. The molecule has 4 heteroatoms. The summed E-state index contributed by atoms with van der Waals surface area (Å²) in [4.78, 5) is 12.1. The summed E-state index contributed by atoms with van der Waals surface area (Å²) in [7, 11) is 0. The molecular weight excluding hydrogens is 255 g/mol. The van der Waals surface area contributed by atoms with Crippen LogP contribution in [0.4, 0.5) is 4.39 Å². The highest BCUT2D eigenvalue weighted by molar-refractivity contribution is 5.29. The highest BCUT2D eigenvalue weighted by atomic mass is 19.1. The Morgan fingerprint density at radius 1 is 1.20 bits per heavy atom. The molecule has 1 aliphatic carbocycles. The zero-order valence-electron chi connectivity index (χ0n) is 11.2. The van der Waals surface area contributed by atoms with Gasteiger partial charge in [0, 0.05) is 23.9 Å². The molecule has 3 rings (SSSR count). The van der Waals surface area contributed by atoms with E-state index in [0.717, 1.165) is 30.5 Å². The van der Waals surface area contributed by atoms with Crippen LogP contribution in [0.1, 0.15) is 28.8 Å². The number of aryl methyl sites for hydroxylation is 1. The fraction of sp³-hybridized carbons (Fsp3) is 0.312. The van der Waals surface area contributed by atoms with E-state index in [0.29, 0.717) is 12.1 Å². The van der Waals surface area contributed by atoms with E-state index in [1.807, 2.05) is 6.07 Å². The summed E-state index contributed by atoms with van der Waals surface area (Å²) >= 11 is 0. The van der Waals surface area contributed by atoms with Gasteiger partial charge in [-0.05, 0) is 42.5 Å². The van der Waals surface area contributed by atoms with Crippen LogP contribution in [-0.2, 0) is 25.9 Å². The summed E-state index contributed by atoms with van der Waals surface area (Å²) in [6, 6.07) is 8.32. The maximum absolute atomic E-state index is 13.9. The van der Waals surface area contributed by atoms with E-state index in [-0.39, 0.29) is 17.9 Å². The first-order valence-corrected chi connectivity index (χ1v) is 6.88. The molecule has 104 valence electrons. The highest BCUT2D eigenvalue weighted by Crippen LogP contribution is 2.21. The number of hydrogen-bond acceptors (Lipinski definition) is 2. The molecular formula is C16H17FN2O. The summed E-state index contributed by atoms with van der Waals surface area (Å²) < 4.78 is 15.6. The van der Waals surface area contributed by atoms with Crippen LogP contribution in [0.3, 0.4) is 0 Å². The molecule has 0 aliphatic heterocycles. The van der Waals surface area contributed by atoms with E-state index in [9.17, 15) is 9.18 Å². The molecule has 3 nitrogen and oxygen atoms in total. The summed E-state index contributed by atoms with van der Waals surface area (Å²) in [6.45, 7) is 0.650. The fourth-order valence-electron chi connectivity index (χ4n) is 2.85. The number of nitrogens with two attached hydrogens (primary N) is 1. The molecule has 0 atom stereocenters. The van der Waals surface area contributed by atoms with Gasteiger partial charge in [0.2, 0.25) is 0 Å². The first-order valence-electron chi connectivity index (χ1n) is 6.88. The maximum Gasteiger partial charge on any atom is 0.251 e. The Morgan fingerprint density at radius 2 is 2.05 bits per heavy atom. The number of benzene rings is 1. The van der Waals surface area contributed by atoms with Gasteiger partial charge in [0.1, 0.15) is 5.82 Å². The minimum Gasteiger partial charge on any atom is -0.326 e. The average molecular weight is 272 g/mol. The van der Waals surface area contributed by atoms with Crippen LogP contribution in [0.5, 0.6) is 0 Å². The molecule has 0 bridgehead atoms. The fourth-order valence-corrected chi connectivity index (χ4v) is 2.85. The van der Waals surface area contributed by atoms with Crippen LogP contribution in [-0.4, -0.2) is 4.57 Å². The van der Waals surface area contributed by atoms with Gasteiger partial charge in [-0.2, -0.15) is 0 Å². The Kier molecular flexibility index (Phi) is 3.40. The van der Waals surface area contributed by atoms with Crippen molar-refractivity contribution in [2.45, 2.75) is 32.4 Å². The van der Waals surface area contributed by atoms with Crippen molar-refractivity contribution in [3.05, 3.63) is 68.9 Å². The van der Waals surface area contributed by atoms with Crippen molar-refractivity contribution in [1.82, 2.24) is 4.57 Å². The third-order valence-electron chi connectivity index (χ3n) is 3.92. The minimum absolute atomic E-state index is 0.0665. The third kappa shape index (κ3) is 2.27. The zero-order valence-corrected chi connectivity index (χ0v) is 11.2. The zero-order chi connectivity index (χ0) is 14.1. The van der Waals surface area contributed by atoms with Gasteiger partial charge in [-0.3, -0.25) is 4.79 Å². The van der Waals surface area contributed by atoms with Gasteiger partial charge in [0.15, 0.2) is 0 Å². The second-order valence-electron chi connectivity index (χ2n) is 5.21. The third-order valence-corrected chi connectivity index (χ3v) is 3.92. The molecule has 1 aromatic carbocycles. The summed E-state index contributed by atoms with van der Waals surface area (Å²) in [5.74, 6) is -0.287. The van der Waals surface area contributed by atoms with Crippen molar-refractivity contribution in [2.75, 3.05) is 0 Å². The highest BCUT2D eigenvalue weighted by Gasteiger charge is 2.16. The molecule has 2 aromatic rings. The minimum atomic E-state index is -0.287. The normalized spacial score (nSPS) is 13.5. The van der Waals surface area contributed by atoms with Crippen LogP contribution in [0.15, 0.2) is 35.1 Å². The molecule has 1 aromatic heterocycles. The summed E-state index contributed by atoms with van der Waals surface area (Å²) in [6.07, 6.45) is 2.95. The van der Waals surface area contributed by atoms with Crippen molar-refractivity contribution in [2.24, 2.45) is 5.73 Å². The number of nitrogens with zero attached hydrogens (tertiary/aromatic N) is 1. The van der Waals surface area contributed by atoms with E-state index in [1.54, 1.807) is 22.8 Å². The van der Waals surface area contributed by atoms with E-state index in [1.165, 1.54) is 11.6 Å². The molecule has 20 heavy (non-hydrogen) atoms. The van der Waals surface area contributed by atoms with Crippen molar-refractivity contribution in [3.8, 4) is 0 Å². The Hall–Kier alpha value is -1.94. The Morgan fingerprint density at radius 3 is 2.85 bits per heavy atom. The van der Waals surface area contributed by atoms with E-state index < -0.39 is 0 Å². The van der Waals surface area contributed by atoms with Crippen molar-refractivity contribution >= 4 is 0 Å². The number of halogens is 1. The Labute approximate surface area is 116 Å². The van der Waals surface area contributed by atoms with Gasteiger partial charge in [-0.15, -0.1) is 0 Å². The van der Waals surface area contributed by atoms with Crippen LogP contribution < -0.4 is 11.3 Å². The predicted octanol–water partition coefficient (Wildman–Crippen LogP) is 1.98. The number of aromatic nitrogens is 1. The van der Waals surface area contributed by atoms with E-state index in [4.69, 9.17) is 5.73 Å². The van der Waals surface area contributed by atoms with Gasteiger partial charge >= 0.3 is 0 Å². The summed E-state index contributed by atoms with van der Waals surface area (Å²) in [5.41, 5.74) is 9.18. The van der Waals surface area contributed by atoms with Gasteiger partial charge in [-0.25, -0.2) is 4.39 Å². The smallest absolute Gasteiger partial charge is 0.251 e. The molecule has 0 saturated heterocycles. The topological polar surface area (TPSA) is 48.0 Å². The standard InChI is InChI=1S/C16H17FN2O/c17-14-6-4-11(9-18)8-13(14)10-19-15-3-1-2-12(15)5-7-16(19)20/h4-8H,1-3,9-10,18H2. The van der Waals surface area contributed by atoms with Crippen molar-refractivity contribution < 1.29 is 4.39 Å². The van der Waals surface area contributed by atoms with Gasteiger partial charge in [0.05, 0.1) is 6.54 Å². The average Bonchev–Trinajstić information content (AvgIpc) is 2.92. The van der Waals surface area contributed by atoms with E-state index >= 15 is 0 Å². The largest absolute Gasteiger partial charge is 0.326 e. The first-order chi connectivity index (χ1) is 9.69. The lowest BCUT2D eigenvalue weighted by atomic mass is 10.1. The van der Waals surface area contributed by atoms with Gasteiger partial charge in [-0.1, -0.05) is 12.1 Å². The number of hydrogen-bond donors (Lipinski definition) is 1. The lowest BCUT2D eigenvalue weighted by Gasteiger charge is -2.13. The summed E-state index contributed by atoms with van der Waals surface area (Å²) in [5, 5.41) is 0. The van der Waals surface area contributed by atoms with Crippen molar-refractivity contribution in [3.63, 3.8) is 0 Å². The molecule has 0 spiro atoms. The van der Waals surface area contributed by atoms with Crippen LogP contribution in [0, 0.1) is 5.82 Å². The van der Waals surface area contributed by atoms with E-state index in [2.05, 4.69) is 0 Å². The molecule has 2 N–H and O–H groups in total. The monoisotopic (exact) mass is 272 g/mol. The van der Waals surface area contributed by atoms with Crippen molar-refractivity contribution in [1.29, 1.82) is 0 Å². The maximum atomic E-state index is 13.9. The second-order valence-corrected chi connectivity index (χ2v) is 5.21.